The van der Waals surface area contributed by atoms with E-state index in [2.05, 4.69) is 15.6 Å². The molecule has 2 rings (SSSR count). The highest BCUT2D eigenvalue weighted by Gasteiger charge is 2.15. The Morgan fingerprint density at radius 1 is 1.45 bits per heavy atom. The Bertz CT molecular complexity index is 601. The van der Waals surface area contributed by atoms with Crippen LogP contribution in [0.2, 0.25) is 0 Å². The second kappa shape index (κ2) is 5.96. The number of hydrogen-bond donors (Lipinski definition) is 4. The van der Waals surface area contributed by atoms with Crippen molar-refractivity contribution in [3.8, 4) is 0 Å². The third-order valence-electron chi connectivity index (χ3n) is 2.65. The van der Waals surface area contributed by atoms with Gasteiger partial charge < -0.3 is 25.1 Å². The smallest absolute Gasteiger partial charge is 0.354 e. The fraction of sp³-hybridized carbons (Fsp3) is 0.231. The summed E-state index contributed by atoms with van der Waals surface area (Å²) in [5.74, 6) is -0.349. The van der Waals surface area contributed by atoms with E-state index < -0.39 is 12.0 Å². The Labute approximate surface area is 115 Å². The molecular formula is C13H15N3O4. The van der Waals surface area contributed by atoms with Gasteiger partial charge in [0.15, 0.2) is 0 Å². The molecule has 0 radical (unpaired) electrons. The molecule has 0 aliphatic heterocycles. The van der Waals surface area contributed by atoms with Crippen molar-refractivity contribution in [3.05, 3.63) is 41.6 Å². The zero-order valence-electron chi connectivity index (χ0n) is 10.9. The number of rotatable bonds is 5. The third kappa shape index (κ3) is 3.41. The third-order valence-corrected chi connectivity index (χ3v) is 2.65. The SMILES string of the molecule is Cc1cc(NC(=O)NCCc2ccco2)c(C(=O)O)[nH]1. The number of nitrogens with one attached hydrogen (secondary N) is 3. The number of anilines is 1. The van der Waals surface area contributed by atoms with Crippen LogP contribution in [0.15, 0.2) is 28.9 Å². The van der Waals surface area contributed by atoms with Crippen molar-refractivity contribution in [2.24, 2.45) is 0 Å². The number of furan rings is 1. The molecule has 2 aromatic heterocycles. The largest absolute Gasteiger partial charge is 0.477 e. The summed E-state index contributed by atoms with van der Waals surface area (Å²) < 4.78 is 5.13. The first-order chi connectivity index (χ1) is 9.56. The van der Waals surface area contributed by atoms with E-state index in [0.717, 1.165) is 5.76 Å². The molecule has 4 N–H and O–H groups in total. The van der Waals surface area contributed by atoms with Crippen LogP contribution in [0.3, 0.4) is 0 Å². The van der Waals surface area contributed by atoms with Crippen molar-refractivity contribution in [2.45, 2.75) is 13.3 Å². The molecule has 7 heteroatoms. The highest BCUT2D eigenvalue weighted by molar-refractivity contribution is 5.99. The summed E-state index contributed by atoms with van der Waals surface area (Å²) in [5, 5.41) is 14.1. The highest BCUT2D eigenvalue weighted by atomic mass is 16.4. The average molecular weight is 277 g/mol. The maximum atomic E-state index is 11.7. The van der Waals surface area contributed by atoms with Crippen LogP contribution in [-0.2, 0) is 6.42 Å². The number of amides is 2. The lowest BCUT2D eigenvalue weighted by atomic mass is 10.3. The summed E-state index contributed by atoms with van der Waals surface area (Å²) in [6, 6.07) is 4.70. The van der Waals surface area contributed by atoms with Gasteiger partial charge in [-0.25, -0.2) is 9.59 Å². The molecule has 106 valence electrons. The van der Waals surface area contributed by atoms with Gasteiger partial charge in [-0.1, -0.05) is 0 Å². The number of H-pyrrole nitrogens is 1. The molecule has 0 fully saturated rings. The number of hydrogen-bond acceptors (Lipinski definition) is 3. The minimum absolute atomic E-state index is 0.0383. The second-order valence-corrected chi connectivity index (χ2v) is 4.26. The van der Waals surface area contributed by atoms with Gasteiger partial charge in [0, 0.05) is 18.7 Å². The van der Waals surface area contributed by atoms with E-state index in [9.17, 15) is 9.59 Å². The topological polar surface area (TPSA) is 107 Å². The van der Waals surface area contributed by atoms with Gasteiger partial charge in [0.25, 0.3) is 0 Å². The molecule has 0 aromatic carbocycles. The summed E-state index contributed by atoms with van der Waals surface area (Å²) in [6.07, 6.45) is 2.13. The van der Waals surface area contributed by atoms with E-state index in [0.29, 0.717) is 18.7 Å². The van der Waals surface area contributed by atoms with Gasteiger partial charge in [0.2, 0.25) is 0 Å². The Hall–Kier alpha value is -2.70. The van der Waals surface area contributed by atoms with Crippen LogP contribution in [-0.4, -0.2) is 28.6 Å². The number of carboxylic acid groups (broad SMARTS) is 1. The second-order valence-electron chi connectivity index (χ2n) is 4.26. The molecule has 2 aromatic rings. The van der Waals surface area contributed by atoms with E-state index in [1.807, 2.05) is 6.07 Å². The number of urea groups is 1. The number of aromatic nitrogens is 1. The molecule has 0 aliphatic rings. The van der Waals surface area contributed by atoms with Crippen LogP contribution in [0.25, 0.3) is 0 Å². The van der Waals surface area contributed by atoms with Crippen molar-refractivity contribution >= 4 is 17.7 Å². The van der Waals surface area contributed by atoms with Crippen LogP contribution in [0.5, 0.6) is 0 Å². The van der Waals surface area contributed by atoms with Crippen molar-refractivity contribution in [1.82, 2.24) is 10.3 Å². The zero-order chi connectivity index (χ0) is 14.5. The van der Waals surface area contributed by atoms with E-state index in [4.69, 9.17) is 9.52 Å². The number of aromatic amines is 1. The summed E-state index contributed by atoms with van der Waals surface area (Å²) in [4.78, 5) is 25.3. The van der Waals surface area contributed by atoms with Crippen molar-refractivity contribution in [3.63, 3.8) is 0 Å². The van der Waals surface area contributed by atoms with E-state index in [1.165, 1.54) is 0 Å². The van der Waals surface area contributed by atoms with Crippen LogP contribution in [0.4, 0.5) is 10.5 Å². The highest BCUT2D eigenvalue weighted by Crippen LogP contribution is 2.16. The van der Waals surface area contributed by atoms with Crippen LogP contribution >= 0.6 is 0 Å². The Morgan fingerprint density at radius 2 is 2.25 bits per heavy atom. The minimum Gasteiger partial charge on any atom is -0.477 e. The number of aromatic carboxylic acids is 1. The first kappa shape index (κ1) is 13.7. The monoisotopic (exact) mass is 277 g/mol. The molecule has 0 atom stereocenters. The quantitative estimate of drug-likeness (QED) is 0.670. The van der Waals surface area contributed by atoms with E-state index in [1.54, 1.807) is 25.3 Å². The van der Waals surface area contributed by atoms with Crippen LogP contribution < -0.4 is 10.6 Å². The maximum Gasteiger partial charge on any atom is 0.354 e. The zero-order valence-corrected chi connectivity index (χ0v) is 10.9. The summed E-state index contributed by atoms with van der Waals surface area (Å²) in [5.41, 5.74) is 0.863. The minimum atomic E-state index is -1.12. The number of carbonyl (C=O) groups is 2. The maximum absolute atomic E-state index is 11.7. The molecule has 0 aliphatic carbocycles. The molecule has 0 spiro atoms. The number of carbonyl (C=O) groups excluding carboxylic acids is 1. The predicted octanol–water partition coefficient (Wildman–Crippen LogP) is 1.98. The molecule has 2 amide bonds. The summed E-state index contributed by atoms with van der Waals surface area (Å²) in [6.45, 7) is 2.11. The van der Waals surface area contributed by atoms with Gasteiger partial charge in [-0.3, -0.25) is 0 Å². The van der Waals surface area contributed by atoms with E-state index in [-0.39, 0.29) is 11.4 Å². The predicted molar refractivity (Wildman–Crippen MR) is 71.9 cm³/mol. The van der Waals surface area contributed by atoms with Gasteiger partial charge in [0.05, 0.1) is 12.0 Å². The Balaban J connectivity index is 1.86. The van der Waals surface area contributed by atoms with Gasteiger partial charge in [-0.15, -0.1) is 0 Å². The molecule has 20 heavy (non-hydrogen) atoms. The van der Waals surface area contributed by atoms with Gasteiger partial charge in [0.1, 0.15) is 11.5 Å². The fourth-order valence-corrected chi connectivity index (χ4v) is 1.78. The van der Waals surface area contributed by atoms with Crippen molar-refractivity contribution in [1.29, 1.82) is 0 Å². The molecule has 0 saturated carbocycles. The lowest BCUT2D eigenvalue weighted by Crippen LogP contribution is -2.30. The Morgan fingerprint density at radius 3 is 2.90 bits per heavy atom. The first-order valence-corrected chi connectivity index (χ1v) is 6.06. The lowest BCUT2D eigenvalue weighted by Gasteiger charge is -2.06. The fourth-order valence-electron chi connectivity index (χ4n) is 1.78. The van der Waals surface area contributed by atoms with Gasteiger partial charge in [-0.2, -0.15) is 0 Å². The molecule has 2 heterocycles. The molecular weight excluding hydrogens is 262 g/mol. The van der Waals surface area contributed by atoms with Gasteiger partial charge in [-0.05, 0) is 25.1 Å². The molecule has 0 unspecified atom stereocenters. The van der Waals surface area contributed by atoms with Crippen LogP contribution in [0.1, 0.15) is 21.9 Å². The number of aryl methyl sites for hydroxylation is 1. The average Bonchev–Trinajstić information content (AvgIpc) is 2.99. The van der Waals surface area contributed by atoms with Crippen molar-refractivity contribution < 1.29 is 19.1 Å². The standard InChI is InChI=1S/C13H15N3O4/c1-8-7-10(11(15-8)12(17)18)16-13(19)14-5-4-9-3-2-6-20-9/h2-3,6-7,15H,4-5H2,1H3,(H,17,18)(H2,14,16,19). The Kier molecular flexibility index (Phi) is 4.09. The first-order valence-electron chi connectivity index (χ1n) is 6.06. The van der Waals surface area contributed by atoms with E-state index >= 15 is 0 Å². The number of carboxylic acids is 1. The molecule has 7 nitrogen and oxygen atoms in total. The summed E-state index contributed by atoms with van der Waals surface area (Å²) in [7, 11) is 0. The molecule has 0 bridgehead atoms. The normalized spacial score (nSPS) is 10.2. The van der Waals surface area contributed by atoms with Crippen LogP contribution in [0, 0.1) is 6.92 Å². The summed E-state index contributed by atoms with van der Waals surface area (Å²) >= 11 is 0. The van der Waals surface area contributed by atoms with Gasteiger partial charge >= 0.3 is 12.0 Å². The lowest BCUT2D eigenvalue weighted by molar-refractivity contribution is 0.0692. The molecule has 0 saturated heterocycles. The van der Waals surface area contributed by atoms with Crippen molar-refractivity contribution in [2.75, 3.05) is 11.9 Å².